The number of ether oxygens (including phenoxy) is 3. The molecule has 5 heteroatoms. The molecular formula is C14H16O5. The summed E-state index contributed by atoms with van der Waals surface area (Å²) in [6.45, 7) is 3.60. The van der Waals surface area contributed by atoms with Crippen LogP contribution in [0.3, 0.4) is 0 Å². The third-order valence-electron chi connectivity index (χ3n) is 2.26. The van der Waals surface area contributed by atoms with Crippen LogP contribution in [0, 0.1) is 0 Å². The van der Waals surface area contributed by atoms with Gasteiger partial charge in [0.25, 0.3) is 0 Å². The first-order chi connectivity index (χ1) is 9.12. The molecule has 0 unspecified atom stereocenters. The van der Waals surface area contributed by atoms with Gasteiger partial charge in [0, 0.05) is 6.08 Å². The molecule has 0 aliphatic carbocycles. The van der Waals surface area contributed by atoms with Crippen LogP contribution in [-0.2, 0) is 9.53 Å². The molecule has 0 radical (unpaired) electrons. The Hall–Kier alpha value is -2.43. The van der Waals surface area contributed by atoms with Gasteiger partial charge in [0.2, 0.25) is 5.75 Å². The van der Waals surface area contributed by atoms with Crippen LogP contribution in [0.4, 0.5) is 0 Å². The largest absolute Gasteiger partial charge is 0.502 e. The number of methoxy groups -OCH3 is 2. The summed E-state index contributed by atoms with van der Waals surface area (Å²) >= 11 is 0. The highest BCUT2D eigenvalue weighted by Crippen LogP contribution is 2.37. The summed E-state index contributed by atoms with van der Waals surface area (Å²) in [5, 5.41) is 9.73. The number of carbonyl (C=O) groups is 1. The number of hydrogen-bond donors (Lipinski definition) is 1. The molecule has 0 saturated carbocycles. The van der Waals surface area contributed by atoms with Gasteiger partial charge >= 0.3 is 5.97 Å². The maximum absolute atomic E-state index is 11.3. The fourth-order valence-electron chi connectivity index (χ4n) is 1.36. The number of benzene rings is 1. The SMILES string of the molecule is C=CCOC(=O)C=Cc1cc(OC)c(O)c(OC)c1. The lowest BCUT2D eigenvalue weighted by Gasteiger charge is -2.09. The molecule has 0 heterocycles. The Morgan fingerprint density at radius 1 is 1.32 bits per heavy atom. The van der Waals surface area contributed by atoms with Crippen molar-refractivity contribution in [1.29, 1.82) is 0 Å². The smallest absolute Gasteiger partial charge is 0.331 e. The van der Waals surface area contributed by atoms with E-state index in [-0.39, 0.29) is 23.9 Å². The Morgan fingerprint density at radius 3 is 2.37 bits per heavy atom. The molecule has 0 fully saturated rings. The average Bonchev–Trinajstić information content (AvgIpc) is 2.43. The van der Waals surface area contributed by atoms with Crippen LogP contribution in [0.25, 0.3) is 6.08 Å². The zero-order valence-electron chi connectivity index (χ0n) is 10.9. The number of carbonyl (C=O) groups excluding carboxylic acids is 1. The second kappa shape index (κ2) is 7.10. The zero-order valence-corrected chi connectivity index (χ0v) is 10.9. The third kappa shape index (κ3) is 4.06. The molecule has 0 spiro atoms. The molecular weight excluding hydrogens is 248 g/mol. The number of phenolic OH excluding ortho intramolecular Hbond substituents is 1. The van der Waals surface area contributed by atoms with Crippen LogP contribution < -0.4 is 9.47 Å². The predicted molar refractivity (Wildman–Crippen MR) is 71.4 cm³/mol. The maximum Gasteiger partial charge on any atom is 0.331 e. The van der Waals surface area contributed by atoms with E-state index in [2.05, 4.69) is 6.58 Å². The van der Waals surface area contributed by atoms with Gasteiger partial charge in [-0.1, -0.05) is 12.7 Å². The summed E-state index contributed by atoms with van der Waals surface area (Å²) in [6.07, 6.45) is 4.29. The molecule has 0 amide bonds. The highest BCUT2D eigenvalue weighted by Gasteiger charge is 2.10. The van der Waals surface area contributed by atoms with Crippen LogP contribution in [0.15, 0.2) is 30.9 Å². The molecule has 102 valence electrons. The first-order valence-electron chi connectivity index (χ1n) is 5.53. The van der Waals surface area contributed by atoms with Gasteiger partial charge in [-0.3, -0.25) is 0 Å². The molecule has 1 rings (SSSR count). The second-order valence-corrected chi connectivity index (χ2v) is 3.53. The van der Waals surface area contributed by atoms with E-state index in [4.69, 9.17) is 14.2 Å². The van der Waals surface area contributed by atoms with Gasteiger partial charge in [-0.05, 0) is 23.8 Å². The summed E-state index contributed by atoms with van der Waals surface area (Å²) in [7, 11) is 2.86. The molecule has 0 aliphatic heterocycles. The van der Waals surface area contributed by atoms with E-state index >= 15 is 0 Å². The minimum absolute atomic E-state index is 0.0867. The molecule has 5 nitrogen and oxygen atoms in total. The van der Waals surface area contributed by atoms with Crippen molar-refractivity contribution < 1.29 is 24.1 Å². The molecule has 1 N–H and O–H groups in total. The van der Waals surface area contributed by atoms with Gasteiger partial charge in [-0.2, -0.15) is 0 Å². The van der Waals surface area contributed by atoms with Gasteiger partial charge in [-0.25, -0.2) is 4.79 Å². The lowest BCUT2D eigenvalue weighted by Crippen LogP contribution is -1.99. The number of esters is 1. The second-order valence-electron chi connectivity index (χ2n) is 3.53. The quantitative estimate of drug-likeness (QED) is 0.484. The van der Waals surface area contributed by atoms with E-state index in [0.29, 0.717) is 5.56 Å². The van der Waals surface area contributed by atoms with Crippen molar-refractivity contribution in [3.8, 4) is 17.2 Å². The van der Waals surface area contributed by atoms with Gasteiger partial charge in [0.05, 0.1) is 14.2 Å². The lowest BCUT2D eigenvalue weighted by atomic mass is 10.1. The number of phenols is 1. The first-order valence-corrected chi connectivity index (χ1v) is 5.53. The van der Waals surface area contributed by atoms with E-state index in [1.807, 2.05) is 0 Å². The lowest BCUT2D eigenvalue weighted by molar-refractivity contribution is -0.136. The van der Waals surface area contributed by atoms with E-state index in [0.717, 1.165) is 0 Å². The summed E-state index contributed by atoms with van der Waals surface area (Å²) in [5.41, 5.74) is 0.641. The van der Waals surface area contributed by atoms with E-state index in [1.54, 1.807) is 12.1 Å². The molecule has 1 aromatic rings. The van der Waals surface area contributed by atoms with Crippen LogP contribution in [0.2, 0.25) is 0 Å². The number of hydrogen-bond acceptors (Lipinski definition) is 5. The zero-order chi connectivity index (χ0) is 14.3. The Kier molecular flexibility index (Phi) is 5.47. The molecule has 0 saturated heterocycles. The van der Waals surface area contributed by atoms with Gasteiger partial charge < -0.3 is 19.3 Å². The van der Waals surface area contributed by atoms with Crippen LogP contribution in [0.5, 0.6) is 17.2 Å². The molecule has 0 bridgehead atoms. The van der Waals surface area contributed by atoms with E-state index in [1.165, 1.54) is 32.4 Å². The maximum atomic E-state index is 11.3. The van der Waals surface area contributed by atoms with Crippen molar-refractivity contribution >= 4 is 12.0 Å². The van der Waals surface area contributed by atoms with Crippen molar-refractivity contribution in [1.82, 2.24) is 0 Å². The van der Waals surface area contributed by atoms with Crippen molar-refractivity contribution in [2.75, 3.05) is 20.8 Å². The van der Waals surface area contributed by atoms with E-state index in [9.17, 15) is 9.90 Å². The third-order valence-corrected chi connectivity index (χ3v) is 2.26. The predicted octanol–water partition coefficient (Wildman–Crippen LogP) is 2.15. The summed E-state index contributed by atoms with van der Waals surface area (Å²) in [5.74, 6) is -0.0424. The Morgan fingerprint density at radius 2 is 1.89 bits per heavy atom. The van der Waals surface area contributed by atoms with Crippen molar-refractivity contribution in [3.63, 3.8) is 0 Å². The Bertz CT molecular complexity index is 466. The molecule has 19 heavy (non-hydrogen) atoms. The van der Waals surface area contributed by atoms with Crippen molar-refractivity contribution in [3.05, 3.63) is 36.4 Å². The summed E-state index contributed by atoms with van der Waals surface area (Å²) in [6, 6.07) is 3.16. The van der Waals surface area contributed by atoms with Gasteiger partial charge in [0.1, 0.15) is 6.61 Å². The fourth-order valence-corrected chi connectivity index (χ4v) is 1.36. The minimum atomic E-state index is -0.481. The Labute approximate surface area is 111 Å². The molecule has 0 aliphatic rings. The average molecular weight is 264 g/mol. The fraction of sp³-hybridized carbons (Fsp3) is 0.214. The van der Waals surface area contributed by atoms with Crippen molar-refractivity contribution in [2.24, 2.45) is 0 Å². The summed E-state index contributed by atoms with van der Waals surface area (Å²) < 4.78 is 14.8. The number of aromatic hydroxyl groups is 1. The van der Waals surface area contributed by atoms with Crippen LogP contribution in [-0.4, -0.2) is 31.9 Å². The molecule has 1 aromatic carbocycles. The minimum Gasteiger partial charge on any atom is -0.502 e. The van der Waals surface area contributed by atoms with Crippen LogP contribution in [0.1, 0.15) is 5.56 Å². The molecule has 0 atom stereocenters. The van der Waals surface area contributed by atoms with E-state index < -0.39 is 5.97 Å². The first kappa shape index (κ1) is 14.6. The number of rotatable bonds is 6. The van der Waals surface area contributed by atoms with Gasteiger partial charge in [-0.15, -0.1) is 0 Å². The highest BCUT2D eigenvalue weighted by atomic mass is 16.5. The molecule has 0 aromatic heterocycles. The monoisotopic (exact) mass is 264 g/mol. The summed E-state index contributed by atoms with van der Waals surface area (Å²) in [4.78, 5) is 11.3. The normalized spacial score (nSPS) is 10.2. The highest BCUT2D eigenvalue weighted by molar-refractivity contribution is 5.87. The van der Waals surface area contributed by atoms with Crippen LogP contribution >= 0.6 is 0 Å². The van der Waals surface area contributed by atoms with Crippen molar-refractivity contribution in [2.45, 2.75) is 0 Å². The topological polar surface area (TPSA) is 65.0 Å². The van der Waals surface area contributed by atoms with Gasteiger partial charge in [0.15, 0.2) is 11.5 Å². The standard InChI is InChI=1S/C14H16O5/c1-4-7-19-13(15)6-5-10-8-11(17-2)14(16)12(9-10)18-3/h4-6,8-9,16H,1,7H2,2-3H3. The Balaban J connectivity index is 2.92.